The number of hydrogen-bond acceptors (Lipinski definition) is 9. The second-order valence-electron chi connectivity index (χ2n) is 1.41. The molecule has 0 rings (SSSR count). The maximum Gasteiger partial charge on any atom is 3.00 e. The van der Waals surface area contributed by atoms with Crippen molar-refractivity contribution in [3.63, 3.8) is 0 Å². The van der Waals surface area contributed by atoms with Gasteiger partial charge in [-0.3, -0.25) is 0 Å². The van der Waals surface area contributed by atoms with Crippen LogP contribution in [0.3, 0.4) is 0 Å². The Labute approximate surface area is 156 Å². The first-order valence-corrected chi connectivity index (χ1v) is 6.73. The third kappa shape index (κ3) is 641. The first-order chi connectivity index (χ1) is 6.00. The third-order valence-electron chi connectivity index (χ3n) is 0. The summed E-state index contributed by atoms with van der Waals surface area (Å²) >= 11 is 0. The molecule has 0 saturated carbocycles. The average Bonchev–Trinajstić information content (AvgIpc) is 1.41. The van der Waals surface area contributed by atoms with E-state index in [4.69, 9.17) is 57.7 Å². The van der Waals surface area contributed by atoms with E-state index < -0.39 is 23.5 Å². The molecule has 0 aliphatic heterocycles. The minimum atomic E-state index is -5.14. The summed E-state index contributed by atoms with van der Waals surface area (Å²) in [6.07, 6.45) is 0. The quantitative estimate of drug-likeness (QED) is 0.218. The van der Waals surface area contributed by atoms with E-state index in [0.717, 1.165) is 0 Å². The molecule has 0 unspecified atom stereocenters. The minimum absolute atomic E-state index is 0. The molecule has 0 saturated heterocycles. The van der Waals surface area contributed by atoms with Crippen LogP contribution in [0.5, 0.6) is 0 Å². The van der Waals surface area contributed by atoms with Crippen molar-refractivity contribution in [2.45, 2.75) is 0 Å². The molecular weight excluding hydrogens is 603 g/mol. The first-order valence-electron chi connectivity index (χ1n) is 2.24. The van der Waals surface area contributed by atoms with E-state index in [2.05, 4.69) is 0 Å². The molecule has 0 bridgehead atoms. The Balaban J connectivity index is -0.0000000400. The van der Waals surface area contributed by atoms with Crippen LogP contribution < -0.4 is 29.4 Å². The van der Waals surface area contributed by atoms with Gasteiger partial charge in [-0.1, -0.05) is 0 Å². The van der Waals surface area contributed by atoms with Crippen molar-refractivity contribution in [1.82, 2.24) is 0 Å². The average molecular weight is 606 g/mol. The summed E-state index contributed by atoms with van der Waals surface area (Å²) < 4.78 is 26.0. The fraction of sp³-hybridized carbons (Fsp3) is 0. The summed E-state index contributed by atoms with van der Waals surface area (Å²) in [6.45, 7) is 0. The van der Waals surface area contributed by atoms with Crippen molar-refractivity contribution in [2.75, 3.05) is 0 Å². The van der Waals surface area contributed by atoms with Gasteiger partial charge in [-0.2, -0.15) is 0 Å². The van der Waals surface area contributed by atoms with E-state index in [9.17, 15) is 0 Å². The van der Waals surface area contributed by atoms with E-state index in [1.165, 1.54) is 0 Å². The molecular formula is H3O12P3Tb2. The molecule has 0 spiro atoms. The van der Waals surface area contributed by atoms with Crippen LogP contribution in [0.15, 0.2) is 0 Å². The molecule has 0 aliphatic rings. The van der Waals surface area contributed by atoms with Crippen molar-refractivity contribution in [3.8, 4) is 0 Å². The molecule has 0 radical (unpaired) electrons. The van der Waals surface area contributed by atoms with Gasteiger partial charge in [0.25, 0.3) is 0 Å². The SMILES string of the molecule is O=P([O-])([O-])O.O=P([O-])([O-])O.O=P([O-])([O-])O.[Tb+3].[Tb+3]. The minimum Gasteiger partial charge on any atom is -0.790 e. The molecule has 0 aromatic heterocycles. The van der Waals surface area contributed by atoms with Crippen LogP contribution >= 0.6 is 23.5 Å². The summed E-state index contributed by atoms with van der Waals surface area (Å²) in [5.41, 5.74) is 0. The largest absolute Gasteiger partial charge is 3.00 e. The topological polar surface area (TPSA) is 250 Å². The maximum absolute atomic E-state index is 8.66. The number of phosphoric acid groups is 3. The first kappa shape index (κ1) is 32.0. The molecule has 0 heterocycles. The normalized spacial score (nSPS) is 10.4. The van der Waals surface area contributed by atoms with Gasteiger partial charge in [0.15, 0.2) is 0 Å². The van der Waals surface area contributed by atoms with Gasteiger partial charge in [-0.15, -0.1) is 0 Å². The van der Waals surface area contributed by atoms with E-state index in [-0.39, 0.29) is 77.2 Å². The Morgan fingerprint density at radius 2 is 0.529 bits per heavy atom. The zero-order valence-electron chi connectivity index (χ0n) is 7.02. The summed E-state index contributed by atoms with van der Waals surface area (Å²) in [5.74, 6) is 0. The van der Waals surface area contributed by atoms with Crippen LogP contribution in [0.4, 0.5) is 0 Å². The standard InChI is InChI=1S/3H3O4P.2Tb/c3*1-5(2,3)4;;/h3*(H3,1,2,3,4);;/q;;;2*+3/p-6. The summed E-state index contributed by atoms with van der Waals surface area (Å²) in [7, 11) is -15.4. The molecule has 0 aromatic rings. The van der Waals surface area contributed by atoms with Crippen LogP contribution in [0.25, 0.3) is 0 Å². The molecule has 0 aliphatic carbocycles. The van der Waals surface area contributed by atoms with Crippen molar-refractivity contribution in [3.05, 3.63) is 0 Å². The molecule has 17 heavy (non-hydrogen) atoms. The Morgan fingerprint density at radius 1 is 0.529 bits per heavy atom. The Kier molecular flexibility index (Phi) is 26.1. The van der Waals surface area contributed by atoms with Crippen LogP contribution in [-0.4, -0.2) is 14.7 Å². The zero-order valence-corrected chi connectivity index (χ0v) is 14.0. The second-order valence-corrected chi connectivity index (χ2v) is 4.22. The van der Waals surface area contributed by atoms with Crippen molar-refractivity contribution in [1.29, 1.82) is 0 Å². The van der Waals surface area contributed by atoms with Gasteiger partial charge < -0.3 is 57.7 Å². The summed E-state index contributed by atoms with van der Waals surface area (Å²) in [6, 6.07) is 0. The van der Waals surface area contributed by atoms with Crippen LogP contribution in [0.2, 0.25) is 0 Å². The van der Waals surface area contributed by atoms with Gasteiger partial charge in [0.2, 0.25) is 0 Å². The third-order valence-corrected chi connectivity index (χ3v) is 0. The molecule has 108 valence electrons. The smallest absolute Gasteiger partial charge is 0.790 e. The summed E-state index contributed by atoms with van der Waals surface area (Å²) in [5, 5.41) is 0. The number of hydrogen-bond donors (Lipinski definition) is 3. The van der Waals surface area contributed by atoms with Gasteiger partial charge in [-0.25, -0.2) is 0 Å². The van der Waals surface area contributed by atoms with E-state index in [0.29, 0.717) is 0 Å². The zero-order chi connectivity index (χ0) is 13.5. The molecule has 12 nitrogen and oxygen atoms in total. The van der Waals surface area contributed by atoms with Gasteiger partial charge in [0.05, 0.1) is 23.5 Å². The van der Waals surface area contributed by atoms with Gasteiger partial charge >= 0.3 is 77.2 Å². The molecule has 0 aromatic carbocycles. The Bertz CT molecular complexity index is 206. The van der Waals surface area contributed by atoms with E-state index in [1.54, 1.807) is 0 Å². The Morgan fingerprint density at radius 3 is 0.529 bits per heavy atom. The number of rotatable bonds is 0. The van der Waals surface area contributed by atoms with Gasteiger partial charge in [0.1, 0.15) is 0 Å². The second kappa shape index (κ2) is 13.9. The van der Waals surface area contributed by atoms with Crippen LogP contribution in [0, 0.1) is 77.2 Å². The molecule has 3 N–H and O–H groups in total. The molecule has 0 fully saturated rings. The van der Waals surface area contributed by atoms with Gasteiger partial charge in [0, 0.05) is 0 Å². The van der Waals surface area contributed by atoms with Crippen LogP contribution in [-0.2, 0) is 13.7 Å². The monoisotopic (exact) mass is 606 g/mol. The van der Waals surface area contributed by atoms with Crippen LogP contribution in [0.1, 0.15) is 0 Å². The van der Waals surface area contributed by atoms with E-state index >= 15 is 0 Å². The molecule has 0 atom stereocenters. The maximum atomic E-state index is 8.66. The van der Waals surface area contributed by atoms with Crippen molar-refractivity contribution in [2.24, 2.45) is 0 Å². The fourth-order valence-corrected chi connectivity index (χ4v) is 0. The van der Waals surface area contributed by atoms with Crippen molar-refractivity contribution < 1.29 is 135 Å². The summed E-state index contributed by atoms with van der Waals surface area (Å²) in [4.78, 5) is 72.9. The Hall–Kier alpha value is 2.90. The molecule has 17 heteroatoms. The fourth-order valence-electron chi connectivity index (χ4n) is 0. The predicted molar refractivity (Wildman–Crippen MR) is 29.5 cm³/mol. The van der Waals surface area contributed by atoms with Gasteiger partial charge in [-0.05, 0) is 0 Å². The van der Waals surface area contributed by atoms with Crippen molar-refractivity contribution >= 4 is 23.5 Å². The predicted octanol–water partition coefficient (Wildman–Crippen LogP) is -6.58. The molecule has 0 amide bonds. The van der Waals surface area contributed by atoms with E-state index in [1.807, 2.05) is 0 Å².